The van der Waals surface area contributed by atoms with E-state index in [1.165, 1.54) is 13.2 Å². The highest BCUT2D eigenvalue weighted by atomic mass is 79.9. The molecule has 4 nitrogen and oxygen atoms in total. The third kappa shape index (κ3) is 1.98. The van der Waals surface area contributed by atoms with Gasteiger partial charge in [-0.05, 0) is 28.9 Å². The zero-order valence-electron chi connectivity index (χ0n) is 7.17. The van der Waals surface area contributed by atoms with Crippen LogP contribution < -0.4 is 4.74 Å². The molecule has 0 aromatic carbocycles. The first-order valence-electron chi connectivity index (χ1n) is 3.50. The van der Waals surface area contributed by atoms with E-state index in [4.69, 9.17) is 9.84 Å². The lowest BCUT2D eigenvalue weighted by molar-refractivity contribution is 0.0695. The normalized spacial score (nSPS) is 9.77. The molecule has 13 heavy (non-hydrogen) atoms. The number of aryl methyl sites for hydroxylation is 1. The Morgan fingerprint density at radius 3 is 2.77 bits per heavy atom. The van der Waals surface area contributed by atoms with Crippen molar-refractivity contribution in [3.63, 3.8) is 0 Å². The average Bonchev–Trinajstić information content (AvgIpc) is 2.03. The number of pyridine rings is 1. The van der Waals surface area contributed by atoms with Crippen LogP contribution in [-0.4, -0.2) is 23.2 Å². The van der Waals surface area contributed by atoms with Crippen LogP contribution in [0.15, 0.2) is 10.7 Å². The number of nitrogens with zero attached hydrogens (tertiary/aromatic N) is 1. The highest BCUT2D eigenvalue weighted by Crippen LogP contribution is 2.24. The molecule has 0 fully saturated rings. The Kier molecular flexibility index (Phi) is 2.87. The monoisotopic (exact) mass is 245 g/mol. The van der Waals surface area contributed by atoms with Crippen molar-refractivity contribution >= 4 is 21.9 Å². The quantitative estimate of drug-likeness (QED) is 0.809. The third-order valence-electron chi connectivity index (χ3n) is 1.58. The summed E-state index contributed by atoms with van der Waals surface area (Å²) in [6.07, 6.45) is 0. The molecule has 0 unspecified atom stereocenters. The number of carboxylic acids is 1. The van der Waals surface area contributed by atoms with Crippen LogP contribution in [0.1, 0.15) is 16.1 Å². The summed E-state index contributed by atoms with van der Waals surface area (Å²) in [6, 6.07) is 1.44. The van der Waals surface area contributed by atoms with Gasteiger partial charge >= 0.3 is 5.97 Å². The molecule has 1 heterocycles. The Balaban J connectivity index is 3.30. The van der Waals surface area contributed by atoms with Crippen LogP contribution >= 0.6 is 15.9 Å². The molecule has 0 spiro atoms. The van der Waals surface area contributed by atoms with Crippen molar-refractivity contribution in [1.82, 2.24) is 4.98 Å². The second kappa shape index (κ2) is 3.74. The van der Waals surface area contributed by atoms with Gasteiger partial charge in [-0.1, -0.05) is 0 Å². The lowest BCUT2D eigenvalue weighted by Crippen LogP contribution is -2.03. The fraction of sp³-hybridized carbons (Fsp3) is 0.250. The Labute approximate surface area is 83.7 Å². The zero-order valence-corrected chi connectivity index (χ0v) is 8.75. The van der Waals surface area contributed by atoms with Crippen molar-refractivity contribution in [2.24, 2.45) is 0 Å². The van der Waals surface area contributed by atoms with Crippen molar-refractivity contribution in [2.45, 2.75) is 6.92 Å². The standard InChI is InChI=1S/C8H8BrNO3/c1-4-5(8(11)12)3-6(13-2)7(9)10-4/h3H,1-2H3,(H,11,12). The number of aromatic nitrogens is 1. The van der Waals surface area contributed by atoms with Crippen LogP contribution in [0.25, 0.3) is 0 Å². The highest BCUT2D eigenvalue weighted by Gasteiger charge is 2.12. The maximum absolute atomic E-state index is 10.7. The number of methoxy groups -OCH3 is 1. The molecule has 70 valence electrons. The Morgan fingerprint density at radius 2 is 2.31 bits per heavy atom. The van der Waals surface area contributed by atoms with Gasteiger partial charge in [-0.3, -0.25) is 0 Å². The van der Waals surface area contributed by atoms with E-state index in [2.05, 4.69) is 20.9 Å². The summed E-state index contributed by atoms with van der Waals surface area (Å²) in [5, 5.41) is 8.77. The Morgan fingerprint density at radius 1 is 1.69 bits per heavy atom. The van der Waals surface area contributed by atoms with E-state index in [1.54, 1.807) is 6.92 Å². The molecule has 1 aromatic heterocycles. The van der Waals surface area contributed by atoms with Crippen molar-refractivity contribution in [3.8, 4) is 5.75 Å². The number of aromatic carboxylic acids is 1. The number of hydrogen-bond donors (Lipinski definition) is 1. The number of halogens is 1. The summed E-state index contributed by atoms with van der Waals surface area (Å²) >= 11 is 3.16. The number of carboxylic acid groups (broad SMARTS) is 1. The molecule has 0 atom stereocenters. The molecule has 5 heteroatoms. The van der Waals surface area contributed by atoms with Crippen LogP contribution in [0.2, 0.25) is 0 Å². The van der Waals surface area contributed by atoms with E-state index in [0.29, 0.717) is 16.0 Å². The lowest BCUT2D eigenvalue weighted by Gasteiger charge is -2.05. The molecule has 1 rings (SSSR count). The fourth-order valence-electron chi connectivity index (χ4n) is 0.917. The van der Waals surface area contributed by atoms with Crippen LogP contribution in [0.4, 0.5) is 0 Å². The van der Waals surface area contributed by atoms with Crippen LogP contribution in [0, 0.1) is 6.92 Å². The summed E-state index contributed by atoms with van der Waals surface area (Å²) in [5.74, 6) is -0.584. The molecule has 1 aromatic rings. The molecule has 1 N–H and O–H groups in total. The summed E-state index contributed by atoms with van der Waals surface area (Å²) in [5.41, 5.74) is 0.611. The number of rotatable bonds is 2. The second-order valence-electron chi connectivity index (χ2n) is 2.42. The van der Waals surface area contributed by atoms with E-state index in [1.807, 2.05) is 0 Å². The minimum absolute atomic E-state index is 0.153. The van der Waals surface area contributed by atoms with Gasteiger partial charge in [0.05, 0.1) is 18.4 Å². The number of carbonyl (C=O) groups is 1. The Hall–Kier alpha value is -1.10. The molecule has 0 saturated carbocycles. The summed E-state index contributed by atoms with van der Waals surface area (Å²) in [6.45, 7) is 1.63. The van der Waals surface area contributed by atoms with E-state index in [9.17, 15) is 4.79 Å². The largest absolute Gasteiger partial charge is 0.494 e. The van der Waals surface area contributed by atoms with Gasteiger partial charge in [0.15, 0.2) is 5.75 Å². The van der Waals surface area contributed by atoms with Gasteiger partial charge in [0, 0.05) is 0 Å². The SMILES string of the molecule is COc1cc(C(=O)O)c(C)nc1Br. The van der Waals surface area contributed by atoms with Gasteiger partial charge in [-0.25, -0.2) is 9.78 Å². The highest BCUT2D eigenvalue weighted by molar-refractivity contribution is 9.10. The van der Waals surface area contributed by atoms with Crippen molar-refractivity contribution in [1.29, 1.82) is 0 Å². The van der Waals surface area contributed by atoms with E-state index >= 15 is 0 Å². The van der Waals surface area contributed by atoms with Gasteiger partial charge in [-0.15, -0.1) is 0 Å². The Bertz CT molecular complexity index is 351. The average molecular weight is 246 g/mol. The van der Waals surface area contributed by atoms with Gasteiger partial charge in [0.25, 0.3) is 0 Å². The molecular formula is C8H8BrNO3. The topological polar surface area (TPSA) is 59.4 Å². The predicted molar refractivity (Wildman–Crippen MR) is 50.2 cm³/mol. The molecule has 0 bridgehead atoms. The van der Waals surface area contributed by atoms with Crippen molar-refractivity contribution < 1.29 is 14.6 Å². The smallest absolute Gasteiger partial charge is 0.337 e. The van der Waals surface area contributed by atoms with Gasteiger partial charge in [0.1, 0.15) is 4.60 Å². The maximum Gasteiger partial charge on any atom is 0.337 e. The zero-order chi connectivity index (χ0) is 10.0. The first-order valence-corrected chi connectivity index (χ1v) is 4.30. The minimum Gasteiger partial charge on any atom is -0.494 e. The van der Waals surface area contributed by atoms with Crippen molar-refractivity contribution in [3.05, 3.63) is 21.9 Å². The first kappa shape index (κ1) is 9.98. The molecule has 0 aliphatic carbocycles. The molecule has 0 saturated heterocycles. The van der Waals surface area contributed by atoms with Crippen LogP contribution in [0.3, 0.4) is 0 Å². The van der Waals surface area contributed by atoms with Gasteiger partial charge in [0.2, 0.25) is 0 Å². The predicted octanol–water partition coefficient (Wildman–Crippen LogP) is 1.86. The maximum atomic E-state index is 10.7. The lowest BCUT2D eigenvalue weighted by atomic mass is 10.2. The fourth-order valence-corrected chi connectivity index (χ4v) is 1.46. The van der Waals surface area contributed by atoms with E-state index in [-0.39, 0.29) is 5.56 Å². The van der Waals surface area contributed by atoms with Gasteiger partial charge in [-0.2, -0.15) is 0 Å². The molecule has 0 aliphatic rings. The number of hydrogen-bond acceptors (Lipinski definition) is 3. The second-order valence-corrected chi connectivity index (χ2v) is 3.17. The molecule has 0 amide bonds. The summed E-state index contributed by atoms with van der Waals surface area (Å²) in [7, 11) is 1.46. The summed E-state index contributed by atoms with van der Waals surface area (Å²) < 4.78 is 5.43. The molecular weight excluding hydrogens is 238 g/mol. The summed E-state index contributed by atoms with van der Waals surface area (Å²) in [4.78, 5) is 14.7. The van der Waals surface area contributed by atoms with Crippen molar-refractivity contribution in [2.75, 3.05) is 7.11 Å². The van der Waals surface area contributed by atoms with E-state index in [0.717, 1.165) is 0 Å². The van der Waals surface area contributed by atoms with Crippen LogP contribution in [0.5, 0.6) is 5.75 Å². The third-order valence-corrected chi connectivity index (χ3v) is 2.15. The van der Waals surface area contributed by atoms with E-state index < -0.39 is 5.97 Å². The molecule has 0 aliphatic heterocycles. The molecule has 0 radical (unpaired) electrons. The van der Waals surface area contributed by atoms with Gasteiger partial charge < -0.3 is 9.84 Å². The minimum atomic E-state index is -1.00. The van der Waals surface area contributed by atoms with Crippen LogP contribution in [-0.2, 0) is 0 Å². The first-order chi connectivity index (χ1) is 6.06. The number of ether oxygens (including phenoxy) is 1.